The van der Waals surface area contributed by atoms with Crippen molar-refractivity contribution in [3.05, 3.63) is 41.2 Å². The van der Waals surface area contributed by atoms with Crippen molar-refractivity contribution in [1.82, 2.24) is 19.7 Å². The maximum Gasteiger partial charge on any atom is 0.253 e. The summed E-state index contributed by atoms with van der Waals surface area (Å²) < 4.78 is 2.17. The summed E-state index contributed by atoms with van der Waals surface area (Å²) in [7, 11) is 1.85. The molecule has 1 heterocycles. The van der Waals surface area contributed by atoms with Gasteiger partial charge in [0.25, 0.3) is 5.91 Å². The van der Waals surface area contributed by atoms with E-state index < -0.39 is 0 Å². The zero-order chi connectivity index (χ0) is 18.4. The van der Waals surface area contributed by atoms with E-state index >= 15 is 0 Å². The van der Waals surface area contributed by atoms with Crippen LogP contribution in [0.3, 0.4) is 0 Å². The Morgan fingerprint density at radius 1 is 1.20 bits per heavy atom. The molecule has 0 unspecified atom stereocenters. The number of hydrogen-bond donors (Lipinski definition) is 0. The van der Waals surface area contributed by atoms with Crippen molar-refractivity contribution in [3.63, 3.8) is 0 Å². The monoisotopic (exact) mass is 360 g/mol. The zero-order valence-electron chi connectivity index (χ0n) is 15.8. The lowest BCUT2D eigenvalue weighted by Gasteiger charge is -2.16. The molecule has 25 heavy (non-hydrogen) atoms. The standard InChI is InChI=1S/C19H28N4OS/c1-6-12-22(5)18(24)16-10-8-15(9-11-16)13-25-19-21-20-17(14(3)4)23(19)7-2/h8-11,14H,6-7,12-13H2,1-5H3. The molecule has 1 amide bonds. The van der Waals surface area contributed by atoms with E-state index in [4.69, 9.17) is 0 Å². The van der Waals surface area contributed by atoms with E-state index in [1.807, 2.05) is 31.3 Å². The Bertz CT molecular complexity index is 694. The number of amides is 1. The van der Waals surface area contributed by atoms with E-state index in [9.17, 15) is 4.79 Å². The highest BCUT2D eigenvalue weighted by Crippen LogP contribution is 2.24. The number of nitrogens with zero attached hydrogens (tertiary/aromatic N) is 4. The van der Waals surface area contributed by atoms with Crippen molar-refractivity contribution in [3.8, 4) is 0 Å². The molecule has 6 heteroatoms. The average Bonchev–Trinajstić information content (AvgIpc) is 3.03. The fourth-order valence-corrected chi connectivity index (χ4v) is 3.65. The van der Waals surface area contributed by atoms with Crippen LogP contribution in [0.25, 0.3) is 0 Å². The molecule has 2 rings (SSSR count). The van der Waals surface area contributed by atoms with Crippen LogP contribution >= 0.6 is 11.8 Å². The number of aromatic nitrogens is 3. The van der Waals surface area contributed by atoms with Gasteiger partial charge in [-0.25, -0.2) is 0 Å². The SMILES string of the molecule is CCCN(C)C(=O)c1ccc(CSc2nnc(C(C)C)n2CC)cc1. The molecule has 0 spiro atoms. The van der Waals surface area contributed by atoms with E-state index in [1.165, 1.54) is 5.56 Å². The molecule has 0 fully saturated rings. The minimum absolute atomic E-state index is 0.0772. The van der Waals surface area contributed by atoms with Crippen LogP contribution in [-0.4, -0.2) is 39.2 Å². The van der Waals surface area contributed by atoms with Gasteiger partial charge in [0.1, 0.15) is 5.82 Å². The van der Waals surface area contributed by atoms with Crippen LogP contribution in [0.2, 0.25) is 0 Å². The van der Waals surface area contributed by atoms with Crippen molar-refractivity contribution in [2.75, 3.05) is 13.6 Å². The van der Waals surface area contributed by atoms with Gasteiger partial charge in [0, 0.05) is 37.4 Å². The highest BCUT2D eigenvalue weighted by atomic mass is 32.2. The third-order valence-corrected chi connectivity index (χ3v) is 5.09. The van der Waals surface area contributed by atoms with Crippen molar-refractivity contribution in [1.29, 1.82) is 0 Å². The smallest absolute Gasteiger partial charge is 0.253 e. The van der Waals surface area contributed by atoms with Gasteiger partial charge < -0.3 is 9.47 Å². The molecular weight excluding hydrogens is 332 g/mol. The quantitative estimate of drug-likeness (QED) is 0.662. The van der Waals surface area contributed by atoms with Gasteiger partial charge in [-0.1, -0.05) is 44.7 Å². The van der Waals surface area contributed by atoms with Crippen LogP contribution < -0.4 is 0 Å². The van der Waals surface area contributed by atoms with Gasteiger partial charge in [0.05, 0.1) is 0 Å². The molecule has 136 valence electrons. The summed E-state index contributed by atoms with van der Waals surface area (Å²) in [4.78, 5) is 14.0. The van der Waals surface area contributed by atoms with Gasteiger partial charge >= 0.3 is 0 Å². The molecule has 0 saturated carbocycles. The van der Waals surface area contributed by atoms with Crippen LogP contribution in [0.1, 0.15) is 61.8 Å². The second kappa shape index (κ2) is 9.04. The summed E-state index contributed by atoms with van der Waals surface area (Å²) in [6.07, 6.45) is 0.966. The van der Waals surface area contributed by atoms with Crippen molar-refractivity contribution < 1.29 is 4.79 Å². The topological polar surface area (TPSA) is 51.0 Å². The highest BCUT2D eigenvalue weighted by Gasteiger charge is 2.14. The molecule has 0 aliphatic carbocycles. The van der Waals surface area contributed by atoms with Crippen LogP contribution in [0.5, 0.6) is 0 Å². The van der Waals surface area contributed by atoms with E-state index in [0.717, 1.165) is 41.8 Å². The Morgan fingerprint density at radius 2 is 1.88 bits per heavy atom. The molecule has 0 aliphatic rings. The number of thioether (sulfide) groups is 1. The largest absolute Gasteiger partial charge is 0.342 e. The van der Waals surface area contributed by atoms with E-state index in [2.05, 4.69) is 42.5 Å². The maximum absolute atomic E-state index is 12.3. The number of carbonyl (C=O) groups is 1. The van der Waals surface area contributed by atoms with Crippen LogP contribution in [-0.2, 0) is 12.3 Å². The Balaban J connectivity index is 2.02. The first kappa shape index (κ1) is 19.5. The van der Waals surface area contributed by atoms with E-state index in [0.29, 0.717) is 5.92 Å². The molecule has 0 radical (unpaired) electrons. The Hall–Kier alpha value is -1.82. The fourth-order valence-electron chi connectivity index (χ4n) is 2.68. The molecule has 0 bridgehead atoms. The summed E-state index contributed by atoms with van der Waals surface area (Å²) in [5.41, 5.74) is 1.92. The highest BCUT2D eigenvalue weighted by molar-refractivity contribution is 7.98. The van der Waals surface area contributed by atoms with Gasteiger partial charge in [-0.3, -0.25) is 4.79 Å². The second-order valence-corrected chi connectivity index (χ2v) is 7.39. The predicted octanol–water partition coefficient (Wildman–Crippen LogP) is 4.20. The summed E-state index contributed by atoms with van der Waals surface area (Å²) in [5, 5.41) is 9.60. The van der Waals surface area contributed by atoms with Crippen molar-refractivity contribution in [2.45, 2.75) is 57.5 Å². The maximum atomic E-state index is 12.3. The first-order valence-electron chi connectivity index (χ1n) is 8.88. The minimum Gasteiger partial charge on any atom is -0.342 e. The summed E-state index contributed by atoms with van der Waals surface area (Å²) in [6, 6.07) is 7.87. The number of carbonyl (C=O) groups excluding carboxylic acids is 1. The summed E-state index contributed by atoms with van der Waals surface area (Å²) >= 11 is 1.69. The average molecular weight is 361 g/mol. The van der Waals surface area contributed by atoms with E-state index in [-0.39, 0.29) is 5.91 Å². The number of hydrogen-bond acceptors (Lipinski definition) is 4. The van der Waals surface area contributed by atoms with Gasteiger partial charge in [0.15, 0.2) is 5.16 Å². The Kier molecular flexibility index (Phi) is 7.05. The third kappa shape index (κ3) is 4.84. The molecule has 0 N–H and O–H groups in total. The van der Waals surface area contributed by atoms with Gasteiger partial charge in [-0.2, -0.15) is 0 Å². The van der Waals surface area contributed by atoms with Gasteiger partial charge in [0.2, 0.25) is 0 Å². The second-order valence-electron chi connectivity index (χ2n) is 6.45. The van der Waals surface area contributed by atoms with Crippen molar-refractivity contribution >= 4 is 17.7 Å². The van der Waals surface area contributed by atoms with Gasteiger partial charge in [-0.15, -0.1) is 10.2 Å². The summed E-state index contributed by atoms with van der Waals surface area (Å²) in [6.45, 7) is 10.1. The molecule has 2 aromatic rings. The lowest BCUT2D eigenvalue weighted by Crippen LogP contribution is -2.27. The number of rotatable bonds is 8. The van der Waals surface area contributed by atoms with Crippen LogP contribution in [0.4, 0.5) is 0 Å². The first-order valence-corrected chi connectivity index (χ1v) is 9.86. The van der Waals surface area contributed by atoms with E-state index in [1.54, 1.807) is 16.7 Å². The predicted molar refractivity (Wildman–Crippen MR) is 103 cm³/mol. The molecule has 0 saturated heterocycles. The molecular formula is C19H28N4OS. The lowest BCUT2D eigenvalue weighted by atomic mass is 10.1. The van der Waals surface area contributed by atoms with Gasteiger partial charge in [-0.05, 0) is 31.0 Å². The molecule has 5 nitrogen and oxygen atoms in total. The first-order chi connectivity index (χ1) is 12.0. The number of benzene rings is 1. The lowest BCUT2D eigenvalue weighted by molar-refractivity contribution is 0.0795. The Labute approximate surface area is 154 Å². The molecule has 0 atom stereocenters. The third-order valence-electron chi connectivity index (χ3n) is 4.05. The van der Waals surface area contributed by atoms with Crippen LogP contribution in [0.15, 0.2) is 29.4 Å². The Morgan fingerprint density at radius 3 is 2.44 bits per heavy atom. The fraction of sp³-hybridized carbons (Fsp3) is 0.526. The molecule has 1 aromatic carbocycles. The summed E-state index contributed by atoms with van der Waals surface area (Å²) in [5.74, 6) is 2.29. The van der Waals surface area contributed by atoms with Crippen molar-refractivity contribution in [2.24, 2.45) is 0 Å². The zero-order valence-corrected chi connectivity index (χ0v) is 16.6. The normalized spacial score (nSPS) is 11.1. The molecule has 1 aromatic heterocycles. The molecule has 0 aliphatic heterocycles. The van der Waals surface area contributed by atoms with Crippen LogP contribution in [0, 0.1) is 0 Å². The minimum atomic E-state index is 0.0772.